The van der Waals surface area contributed by atoms with E-state index < -0.39 is 0 Å². The van der Waals surface area contributed by atoms with Gasteiger partial charge in [0, 0.05) is 24.7 Å². The molecule has 1 rings (SSSR count). The number of hydrogen-bond donors (Lipinski definition) is 1. The zero-order valence-corrected chi connectivity index (χ0v) is 12.8. The van der Waals surface area contributed by atoms with Gasteiger partial charge in [-0.15, -0.1) is 0 Å². The minimum absolute atomic E-state index is 0.119. The summed E-state index contributed by atoms with van der Waals surface area (Å²) in [7, 11) is 1.70. The van der Waals surface area contributed by atoms with Crippen LogP contribution in [0.3, 0.4) is 0 Å². The van der Waals surface area contributed by atoms with Gasteiger partial charge in [0.15, 0.2) is 0 Å². The predicted octanol–water partition coefficient (Wildman–Crippen LogP) is 3.39. The Bertz CT molecular complexity index is 382. The number of benzene rings is 1. The average molecular weight is 318 g/mol. The van der Waals surface area contributed by atoms with Crippen LogP contribution in [0, 0.1) is 11.2 Å². The molecule has 1 N–H and O–H groups in total. The fourth-order valence-electron chi connectivity index (χ4n) is 1.84. The molecule has 1 aromatic carbocycles. The van der Waals surface area contributed by atoms with E-state index in [4.69, 9.17) is 4.74 Å². The maximum atomic E-state index is 13.0. The van der Waals surface area contributed by atoms with Gasteiger partial charge in [0.2, 0.25) is 0 Å². The van der Waals surface area contributed by atoms with Gasteiger partial charge in [-0.3, -0.25) is 0 Å². The summed E-state index contributed by atoms with van der Waals surface area (Å²) in [5.41, 5.74) is 1.25. The average Bonchev–Trinajstić information content (AvgIpc) is 2.28. The largest absolute Gasteiger partial charge is 0.383 e. The van der Waals surface area contributed by atoms with Crippen LogP contribution in [0.4, 0.5) is 4.39 Å². The Morgan fingerprint density at radius 1 is 1.39 bits per heavy atom. The molecule has 1 aromatic rings. The van der Waals surface area contributed by atoms with E-state index in [2.05, 4.69) is 35.1 Å². The molecule has 18 heavy (non-hydrogen) atoms. The van der Waals surface area contributed by atoms with Crippen LogP contribution in [0.15, 0.2) is 22.7 Å². The Kier molecular flexibility index (Phi) is 6.26. The molecular formula is C14H21BrFNO. The van der Waals surface area contributed by atoms with Gasteiger partial charge in [0.05, 0.1) is 6.61 Å². The molecule has 0 aliphatic carbocycles. The Morgan fingerprint density at radius 3 is 2.72 bits per heavy atom. The van der Waals surface area contributed by atoms with Crippen LogP contribution in [0.1, 0.15) is 19.4 Å². The first-order valence-corrected chi connectivity index (χ1v) is 6.87. The summed E-state index contributed by atoms with van der Waals surface area (Å²) in [6.45, 7) is 6.87. The van der Waals surface area contributed by atoms with E-state index in [0.29, 0.717) is 0 Å². The Labute approximate surface area is 117 Å². The van der Waals surface area contributed by atoms with Crippen LogP contribution in [-0.2, 0) is 11.2 Å². The van der Waals surface area contributed by atoms with Gasteiger partial charge in [-0.1, -0.05) is 35.8 Å². The fraction of sp³-hybridized carbons (Fsp3) is 0.571. The van der Waals surface area contributed by atoms with Crippen molar-refractivity contribution in [3.63, 3.8) is 0 Å². The first kappa shape index (κ1) is 15.6. The molecule has 0 fully saturated rings. The third-order valence-electron chi connectivity index (χ3n) is 2.77. The van der Waals surface area contributed by atoms with E-state index >= 15 is 0 Å². The van der Waals surface area contributed by atoms with Gasteiger partial charge >= 0.3 is 0 Å². The SMILES string of the molecule is COCCNCC(C)(C)Cc1ccc(F)cc1Br. The van der Waals surface area contributed by atoms with Crippen molar-refractivity contribution in [3.05, 3.63) is 34.1 Å². The van der Waals surface area contributed by atoms with Crippen LogP contribution in [-0.4, -0.2) is 26.8 Å². The zero-order valence-electron chi connectivity index (χ0n) is 11.2. The van der Waals surface area contributed by atoms with Crippen molar-refractivity contribution in [1.29, 1.82) is 0 Å². The van der Waals surface area contributed by atoms with Crippen LogP contribution >= 0.6 is 15.9 Å². The number of nitrogens with one attached hydrogen (secondary N) is 1. The van der Waals surface area contributed by atoms with Gasteiger partial charge in [-0.25, -0.2) is 4.39 Å². The second-order valence-electron chi connectivity index (χ2n) is 5.25. The maximum Gasteiger partial charge on any atom is 0.124 e. The molecule has 0 unspecified atom stereocenters. The minimum atomic E-state index is -0.207. The number of halogens is 2. The molecule has 4 heteroatoms. The summed E-state index contributed by atoms with van der Waals surface area (Å²) >= 11 is 3.41. The highest BCUT2D eigenvalue weighted by molar-refractivity contribution is 9.10. The van der Waals surface area contributed by atoms with Gasteiger partial charge < -0.3 is 10.1 Å². The molecule has 0 aliphatic rings. The molecule has 0 bridgehead atoms. The zero-order chi connectivity index (χ0) is 13.6. The summed E-state index contributed by atoms with van der Waals surface area (Å²) in [5.74, 6) is -0.207. The number of rotatable bonds is 7. The molecule has 0 radical (unpaired) electrons. The molecule has 0 atom stereocenters. The smallest absolute Gasteiger partial charge is 0.124 e. The van der Waals surface area contributed by atoms with Crippen molar-refractivity contribution in [2.45, 2.75) is 20.3 Å². The second kappa shape index (κ2) is 7.22. The summed E-state index contributed by atoms with van der Waals surface area (Å²) in [6.07, 6.45) is 0.897. The Morgan fingerprint density at radius 2 is 2.11 bits per heavy atom. The maximum absolute atomic E-state index is 13.0. The van der Waals surface area contributed by atoms with Gasteiger partial charge in [0.1, 0.15) is 5.82 Å². The van der Waals surface area contributed by atoms with Gasteiger partial charge in [-0.05, 0) is 29.5 Å². The third-order valence-corrected chi connectivity index (χ3v) is 3.51. The lowest BCUT2D eigenvalue weighted by atomic mass is 9.85. The normalized spacial score (nSPS) is 11.8. The highest BCUT2D eigenvalue weighted by Crippen LogP contribution is 2.26. The summed E-state index contributed by atoms with van der Waals surface area (Å²) < 4.78 is 18.8. The van der Waals surface area contributed by atoms with Crippen molar-refractivity contribution >= 4 is 15.9 Å². The minimum Gasteiger partial charge on any atom is -0.383 e. The molecule has 2 nitrogen and oxygen atoms in total. The van der Waals surface area contributed by atoms with E-state index in [9.17, 15) is 4.39 Å². The summed E-state index contributed by atoms with van der Waals surface area (Å²) in [6, 6.07) is 4.87. The first-order chi connectivity index (χ1) is 8.44. The van der Waals surface area contributed by atoms with Crippen molar-refractivity contribution in [1.82, 2.24) is 5.32 Å². The molecule has 0 saturated carbocycles. The molecule has 0 heterocycles. The molecule has 0 amide bonds. The Hall–Kier alpha value is -0.450. The molecule has 102 valence electrons. The van der Waals surface area contributed by atoms with Crippen molar-refractivity contribution in [2.75, 3.05) is 26.8 Å². The molecule has 0 aromatic heterocycles. The third kappa shape index (κ3) is 5.46. The van der Waals surface area contributed by atoms with Crippen LogP contribution in [0.25, 0.3) is 0 Å². The molecule has 0 aliphatic heterocycles. The predicted molar refractivity (Wildman–Crippen MR) is 76.3 cm³/mol. The van der Waals surface area contributed by atoms with E-state index in [0.717, 1.165) is 36.2 Å². The Balaban J connectivity index is 2.53. The molecular weight excluding hydrogens is 297 g/mol. The number of ether oxygens (including phenoxy) is 1. The highest BCUT2D eigenvalue weighted by Gasteiger charge is 2.19. The molecule has 0 saturated heterocycles. The summed E-state index contributed by atoms with van der Waals surface area (Å²) in [4.78, 5) is 0. The van der Waals surface area contributed by atoms with Crippen molar-refractivity contribution in [2.24, 2.45) is 5.41 Å². The van der Waals surface area contributed by atoms with Gasteiger partial charge in [-0.2, -0.15) is 0 Å². The molecule has 0 spiro atoms. The van der Waals surface area contributed by atoms with E-state index in [1.54, 1.807) is 7.11 Å². The quantitative estimate of drug-likeness (QED) is 0.778. The lowest BCUT2D eigenvalue weighted by Gasteiger charge is -2.25. The van der Waals surface area contributed by atoms with Crippen molar-refractivity contribution in [3.8, 4) is 0 Å². The number of methoxy groups -OCH3 is 1. The van der Waals surface area contributed by atoms with E-state index in [-0.39, 0.29) is 11.2 Å². The van der Waals surface area contributed by atoms with E-state index in [1.807, 2.05) is 6.07 Å². The van der Waals surface area contributed by atoms with Crippen LogP contribution < -0.4 is 5.32 Å². The highest BCUT2D eigenvalue weighted by atomic mass is 79.9. The second-order valence-corrected chi connectivity index (χ2v) is 6.10. The van der Waals surface area contributed by atoms with Crippen molar-refractivity contribution < 1.29 is 9.13 Å². The fourth-order valence-corrected chi connectivity index (χ4v) is 2.34. The topological polar surface area (TPSA) is 21.3 Å². The summed E-state index contributed by atoms with van der Waals surface area (Å²) in [5, 5.41) is 3.36. The first-order valence-electron chi connectivity index (χ1n) is 6.08. The lowest BCUT2D eigenvalue weighted by molar-refractivity contribution is 0.194. The number of hydrogen-bond acceptors (Lipinski definition) is 2. The van der Waals surface area contributed by atoms with Gasteiger partial charge in [0.25, 0.3) is 0 Å². The lowest BCUT2D eigenvalue weighted by Crippen LogP contribution is -2.33. The van der Waals surface area contributed by atoms with E-state index in [1.165, 1.54) is 12.1 Å². The monoisotopic (exact) mass is 317 g/mol. The van der Waals surface area contributed by atoms with Crippen LogP contribution in [0.2, 0.25) is 0 Å². The standard InChI is InChI=1S/C14H21BrFNO/c1-14(2,10-17-6-7-18-3)9-11-4-5-12(16)8-13(11)15/h4-5,8,17H,6-7,9-10H2,1-3H3. The van der Waals surface area contributed by atoms with Crippen LogP contribution in [0.5, 0.6) is 0 Å².